The third-order valence-electron chi connectivity index (χ3n) is 5.67. The molecular weight excluding hydrogens is 318 g/mol. The molecular formula is C18H23N5O2. The van der Waals surface area contributed by atoms with Gasteiger partial charge in [-0.1, -0.05) is 12.1 Å². The van der Waals surface area contributed by atoms with Gasteiger partial charge >= 0.3 is 6.03 Å². The lowest BCUT2D eigenvalue weighted by atomic mass is 9.85. The molecule has 4 atom stereocenters. The minimum Gasteiger partial charge on any atom is -0.396 e. The zero-order chi connectivity index (χ0) is 17.2. The predicted octanol–water partition coefficient (Wildman–Crippen LogP) is 1.47. The molecule has 1 aromatic heterocycles. The van der Waals surface area contributed by atoms with Crippen LogP contribution in [0.5, 0.6) is 0 Å². The standard InChI is InChI=1S/C18H23N5O2/c24-9-16-13-3-4-14(7-13)17(16)22-18(25)20-8-12-1-5-15(6-2-12)23-11-19-10-21-23/h1-2,5-6,10-11,13-14,16-17,24H,3-4,7-9H2,(H2,20,22,25). The van der Waals surface area contributed by atoms with E-state index in [1.54, 1.807) is 11.0 Å². The molecule has 4 rings (SSSR count). The lowest BCUT2D eigenvalue weighted by Gasteiger charge is -2.30. The highest BCUT2D eigenvalue weighted by molar-refractivity contribution is 5.74. The Morgan fingerprint density at radius 2 is 2.04 bits per heavy atom. The summed E-state index contributed by atoms with van der Waals surface area (Å²) in [5.74, 6) is 1.31. The lowest BCUT2D eigenvalue weighted by molar-refractivity contribution is 0.144. The van der Waals surface area contributed by atoms with Gasteiger partial charge in [-0.05, 0) is 48.8 Å². The summed E-state index contributed by atoms with van der Waals surface area (Å²) in [6.45, 7) is 0.629. The molecule has 0 saturated heterocycles. The largest absolute Gasteiger partial charge is 0.396 e. The molecule has 0 radical (unpaired) electrons. The van der Waals surface area contributed by atoms with Gasteiger partial charge in [0.05, 0.1) is 5.69 Å². The second-order valence-electron chi connectivity index (χ2n) is 7.04. The first-order valence-corrected chi connectivity index (χ1v) is 8.84. The highest BCUT2D eigenvalue weighted by Gasteiger charge is 2.47. The molecule has 0 spiro atoms. The average Bonchev–Trinajstić information content (AvgIpc) is 3.37. The fraction of sp³-hybridized carbons (Fsp3) is 0.500. The van der Waals surface area contributed by atoms with E-state index in [2.05, 4.69) is 20.7 Å². The van der Waals surface area contributed by atoms with Crippen LogP contribution in [0.2, 0.25) is 0 Å². The maximum absolute atomic E-state index is 12.2. The second-order valence-corrected chi connectivity index (χ2v) is 7.04. The first-order valence-electron chi connectivity index (χ1n) is 8.84. The molecule has 132 valence electrons. The van der Waals surface area contributed by atoms with Gasteiger partial charge in [0.1, 0.15) is 12.7 Å². The van der Waals surface area contributed by atoms with Crippen molar-refractivity contribution in [2.75, 3.05) is 6.61 Å². The van der Waals surface area contributed by atoms with Crippen LogP contribution in [0.3, 0.4) is 0 Å². The number of hydrogen-bond acceptors (Lipinski definition) is 4. The first kappa shape index (κ1) is 16.1. The molecule has 1 aromatic carbocycles. The molecule has 2 aliphatic rings. The van der Waals surface area contributed by atoms with E-state index in [9.17, 15) is 9.90 Å². The number of aliphatic hydroxyl groups is 1. The van der Waals surface area contributed by atoms with E-state index in [0.717, 1.165) is 24.1 Å². The van der Waals surface area contributed by atoms with Gasteiger partial charge in [0.25, 0.3) is 0 Å². The summed E-state index contributed by atoms with van der Waals surface area (Å²) < 4.78 is 1.69. The molecule has 0 aliphatic heterocycles. The smallest absolute Gasteiger partial charge is 0.315 e. The van der Waals surface area contributed by atoms with Crippen LogP contribution in [0.25, 0.3) is 5.69 Å². The van der Waals surface area contributed by atoms with Crippen molar-refractivity contribution in [3.63, 3.8) is 0 Å². The summed E-state index contributed by atoms with van der Waals surface area (Å²) in [4.78, 5) is 16.2. The third-order valence-corrected chi connectivity index (χ3v) is 5.67. The zero-order valence-electron chi connectivity index (χ0n) is 14.0. The highest BCUT2D eigenvalue weighted by Crippen LogP contribution is 2.48. The first-order chi connectivity index (χ1) is 12.2. The maximum atomic E-state index is 12.2. The quantitative estimate of drug-likeness (QED) is 0.768. The minimum atomic E-state index is -0.156. The van der Waals surface area contributed by atoms with E-state index in [4.69, 9.17) is 0 Å². The van der Waals surface area contributed by atoms with Crippen LogP contribution in [-0.2, 0) is 6.54 Å². The van der Waals surface area contributed by atoms with E-state index in [0.29, 0.717) is 18.4 Å². The van der Waals surface area contributed by atoms with Crippen molar-refractivity contribution in [1.82, 2.24) is 25.4 Å². The SMILES string of the molecule is O=C(NCc1ccc(-n2cncn2)cc1)NC1C2CCC(C2)C1CO. The van der Waals surface area contributed by atoms with Crippen molar-refractivity contribution in [2.45, 2.75) is 31.8 Å². The Morgan fingerprint density at radius 3 is 2.76 bits per heavy atom. The van der Waals surface area contributed by atoms with Gasteiger partial charge in [0.15, 0.2) is 0 Å². The third kappa shape index (κ3) is 3.24. The van der Waals surface area contributed by atoms with Crippen LogP contribution >= 0.6 is 0 Å². The number of rotatable bonds is 5. The summed E-state index contributed by atoms with van der Waals surface area (Å²) in [7, 11) is 0. The Labute approximate surface area is 146 Å². The molecule has 2 bridgehead atoms. The van der Waals surface area contributed by atoms with E-state index in [-0.39, 0.29) is 24.6 Å². The number of carbonyl (C=O) groups excluding carboxylic acids is 1. The molecule has 25 heavy (non-hydrogen) atoms. The van der Waals surface area contributed by atoms with Crippen LogP contribution < -0.4 is 10.6 Å². The Hall–Kier alpha value is -2.41. The number of amides is 2. The Bertz CT molecular complexity index is 716. The molecule has 7 heteroatoms. The number of carbonyl (C=O) groups is 1. The summed E-state index contributed by atoms with van der Waals surface area (Å²) in [6, 6.07) is 7.77. The Kier molecular flexibility index (Phi) is 4.40. The van der Waals surface area contributed by atoms with E-state index in [1.165, 1.54) is 12.7 Å². The van der Waals surface area contributed by atoms with Crippen molar-refractivity contribution >= 4 is 6.03 Å². The highest BCUT2D eigenvalue weighted by atomic mass is 16.3. The summed E-state index contributed by atoms with van der Waals surface area (Å²) in [5.41, 5.74) is 1.95. The van der Waals surface area contributed by atoms with Gasteiger partial charge in [0, 0.05) is 25.1 Å². The molecule has 7 nitrogen and oxygen atoms in total. The van der Waals surface area contributed by atoms with Crippen molar-refractivity contribution < 1.29 is 9.90 Å². The molecule has 3 N–H and O–H groups in total. The number of benzene rings is 1. The number of aromatic nitrogens is 3. The van der Waals surface area contributed by atoms with Crippen LogP contribution in [0.4, 0.5) is 4.79 Å². The fourth-order valence-electron chi connectivity index (χ4n) is 4.39. The van der Waals surface area contributed by atoms with E-state index < -0.39 is 0 Å². The zero-order valence-corrected chi connectivity index (χ0v) is 14.0. The lowest BCUT2D eigenvalue weighted by Crippen LogP contribution is -2.48. The number of fused-ring (bicyclic) bond motifs is 2. The fourth-order valence-corrected chi connectivity index (χ4v) is 4.39. The summed E-state index contributed by atoms with van der Waals surface area (Å²) in [6.07, 6.45) is 6.63. The number of urea groups is 1. The topological polar surface area (TPSA) is 92.1 Å². The van der Waals surface area contributed by atoms with E-state index in [1.807, 2.05) is 24.3 Å². The Morgan fingerprint density at radius 1 is 1.24 bits per heavy atom. The van der Waals surface area contributed by atoms with Crippen molar-refractivity contribution in [1.29, 1.82) is 0 Å². The minimum absolute atomic E-state index is 0.110. The van der Waals surface area contributed by atoms with Crippen LogP contribution in [0.15, 0.2) is 36.9 Å². The van der Waals surface area contributed by atoms with E-state index >= 15 is 0 Å². The van der Waals surface area contributed by atoms with Crippen molar-refractivity contribution in [2.24, 2.45) is 17.8 Å². The number of hydrogen-bond donors (Lipinski definition) is 3. The molecule has 2 saturated carbocycles. The number of nitrogens with zero attached hydrogens (tertiary/aromatic N) is 3. The molecule has 2 aliphatic carbocycles. The molecule has 2 amide bonds. The predicted molar refractivity (Wildman–Crippen MR) is 91.9 cm³/mol. The van der Waals surface area contributed by atoms with Crippen LogP contribution in [0, 0.1) is 17.8 Å². The average molecular weight is 341 g/mol. The van der Waals surface area contributed by atoms with Gasteiger partial charge < -0.3 is 15.7 Å². The summed E-state index contributed by atoms with van der Waals surface area (Å²) in [5, 5.41) is 19.7. The number of aliphatic hydroxyl groups excluding tert-OH is 1. The molecule has 2 aromatic rings. The van der Waals surface area contributed by atoms with Gasteiger partial charge in [-0.25, -0.2) is 14.5 Å². The molecule has 4 unspecified atom stereocenters. The Balaban J connectivity index is 1.30. The van der Waals surface area contributed by atoms with Crippen molar-refractivity contribution in [3.05, 3.63) is 42.5 Å². The van der Waals surface area contributed by atoms with Gasteiger partial charge in [0.2, 0.25) is 0 Å². The van der Waals surface area contributed by atoms with Crippen LogP contribution in [0.1, 0.15) is 24.8 Å². The molecule has 2 fully saturated rings. The molecule has 1 heterocycles. The summed E-state index contributed by atoms with van der Waals surface area (Å²) >= 11 is 0. The van der Waals surface area contributed by atoms with Crippen molar-refractivity contribution in [3.8, 4) is 5.69 Å². The van der Waals surface area contributed by atoms with Gasteiger partial charge in [-0.2, -0.15) is 5.10 Å². The number of nitrogens with one attached hydrogen (secondary N) is 2. The van der Waals surface area contributed by atoms with Crippen LogP contribution in [-0.4, -0.2) is 38.6 Å². The van der Waals surface area contributed by atoms with Gasteiger partial charge in [-0.3, -0.25) is 0 Å². The van der Waals surface area contributed by atoms with Gasteiger partial charge in [-0.15, -0.1) is 0 Å². The maximum Gasteiger partial charge on any atom is 0.315 e. The normalized spacial score (nSPS) is 27.4. The monoisotopic (exact) mass is 341 g/mol. The second kappa shape index (κ2) is 6.84.